The van der Waals surface area contributed by atoms with Gasteiger partial charge in [0.25, 0.3) is 0 Å². The van der Waals surface area contributed by atoms with Crippen molar-refractivity contribution >= 4 is 5.97 Å². The summed E-state index contributed by atoms with van der Waals surface area (Å²) in [6, 6.07) is 4.03. The number of aromatic nitrogens is 1. The minimum atomic E-state index is -0.115. The Balaban J connectivity index is 2.26. The van der Waals surface area contributed by atoms with Crippen LogP contribution >= 0.6 is 0 Å². The highest BCUT2D eigenvalue weighted by atomic mass is 16.5. The third kappa shape index (κ3) is 2.65. The Kier molecular flexibility index (Phi) is 3.77. The van der Waals surface area contributed by atoms with Gasteiger partial charge in [0.05, 0.1) is 13.5 Å². The van der Waals surface area contributed by atoms with Crippen molar-refractivity contribution in [2.75, 3.05) is 7.11 Å². The smallest absolute Gasteiger partial charge is 0.306 e. The molecule has 0 saturated heterocycles. The van der Waals surface area contributed by atoms with Gasteiger partial charge in [0.2, 0.25) is 0 Å². The summed E-state index contributed by atoms with van der Waals surface area (Å²) < 4.78 is 4.84. The van der Waals surface area contributed by atoms with E-state index in [1.54, 1.807) is 6.20 Å². The first-order valence-corrected chi connectivity index (χ1v) is 6.24. The number of carbonyl (C=O) groups excluding carboxylic acids is 1. The van der Waals surface area contributed by atoms with E-state index in [9.17, 15) is 4.79 Å². The topological polar surface area (TPSA) is 39.2 Å². The number of carbonyl (C=O) groups is 1. The average molecular weight is 233 g/mol. The monoisotopic (exact) mass is 233 g/mol. The fraction of sp³-hybridized carbons (Fsp3) is 0.571. The highest BCUT2D eigenvalue weighted by Gasteiger charge is 2.36. The first kappa shape index (κ1) is 12.1. The molecule has 0 spiro atoms. The zero-order valence-electron chi connectivity index (χ0n) is 10.3. The van der Waals surface area contributed by atoms with Crippen LogP contribution in [0.15, 0.2) is 24.5 Å². The summed E-state index contributed by atoms with van der Waals surface area (Å²) in [5, 5.41) is 0. The molecule has 17 heavy (non-hydrogen) atoms. The highest BCUT2D eigenvalue weighted by molar-refractivity contribution is 5.71. The lowest BCUT2D eigenvalue weighted by molar-refractivity contribution is -0.142. The molecule has 1 aliphatic rings. The predicted molar refractivity (Wildman–Crippen MR) is 65.6 cm³/mol. The van der Waals surface area contributed by atoms with Crippen LogP contribution in [0.25, 0.3) is 0 Å². The standard InChI is InChI=1S/C14H19NO2/c1-17-13(16)10-14(7-3-2-4-8-14)12-6-5-9-15-11-12/h5-6,9,11H,2-4,7-8,10H2,1H3. The van der Waals surface area contributed by atoms with E-state index in [4.69, 9.17) is 4.74 Å². The normalized spacial score (nSPS) is 18.6. The Bertz CT molecular complexity index is 369. The van der Waals surface area contributed by atoms with Crippen molar-refractivity contribution in [3.63, 3.8) is 0 Å². The molecular weight excluding hydrogens is 214 g/mol. The van der Waals surface area contributed by atoms with E-state index in [1.807, 2.05) is 12.3 Å². The Hall–Kier alpha value is -1.38. The number of ether oxygens (including phenoxy) is 1. The van der Waals surface area contributed by atoms with E-state index in [0.717, 1.165) is 12.8 Å². The minimum Gasteiger partial charge on any atom is -0.469 e. The van der Waals surface area contributed by atoms with Crippen LogP contribution in [-0.2, 0) is 14.9 Å². The van der Waals surface area contributed by atoms with Crippen LogP contribution < -0.4 is 0 Å². The van der Waals surface area contributed by atoms with Crippen molar-refractivity contribution in [1.29, 1.82) is 0 Å². The zero-order chi connectivity index (χ0) is 12.1. The van der Waals surface area contributed by atoms with E-state index in [1.165, 1.54) is 31.9 Å². The SMILES string of the molecule is COC(=O)CC1(c2cccnc2)CCCCC1. The molecule has 1 saturated carbocycles. The van der Waals surface area contributed by atoms with E-state index >= 15 is 0 Å². The molecule has 3 heteroatoms. The van der Waals surface area contributed by atoms with Gasteiger partial charge in [0, 0.05) is 17.8 Å². The van der Waals surface area contributed by atoms with Gasteiger partial charge in [-0.1, -0.05) is 25.3 Å². The third-order valence-electron chi connectivity index (χ3n) is 3.79. The maximum absolute atomic E-state index is 11.6. The molecular formula is C14H19NO2. The van der Waals surface area contributed by atoms with Crippen molar-refractivity contribution in [3.8, 4) is 0 Å². The fourth-order valence-electron chi connectivity index (χ4n) is 2.82. The number of hydrogen-bond acceptors (Lipinski definition) is 3. The van der Waals surface area contributed by atoms with Crippen LogP contribution in [0.4, 0.5) is 0 Å². The number of pyridine rings is 1. The molecule has 1 aromatic rings. The van der Waals surface area contributed by atoms with Crippen LogP contribution in [0.2, 0.25) is 0 Å². The molecule has 0 aromatic carbocycles. The molecule has 0 aliphatic heterocycles. The maximum Gasteiger partial charge on any atom is 0.306 e. The number of methoxy groups -OCH3 is 1. The second kappa shape index (κ2) is 5.30. The van der Waals surface area contributed by atoms with E-state index < -0.39 is 0 Å². The second-order valence-electron chi connectivity index (χ2n) is 4.84. The lowest BCUT2D eigenvalue weighted by atomic mass is 9.68. The quantitative estimate of drug-likeness (QED) is 0.754. The Morgan fingerprint density at radius 3 is 2.76 bits per heavy atom. The Morgan fingerprint density at radius 2 is 2.18 bits per heavy atom. The van der Waals surface area contributed by atoms with Crippen LogP contribution in [0.1, 0.15) is 44.1 Å². The molecule has 0 amide bonds. The Morgan fingerprint density at radius 1 is 1.41 bits per heavy atom. The largest absolute Gasteiger partial charge is 0.469 e. The molecule has 0 atom stereocenters. The molecule has 1 heterocycles. The van der Waals surface area contributed by atoms with Crippen LogP contribution in [0.5, 0.6) is 0 Å². The molecule has 2 rings (SSSR count). The van der Waals surface area contributed by atoms with Crippen LogP contribution in [0.3, 0.4) is 0 Å². The summed E-state index contributed by atoms with van der Waals surface area (Å²) >= 11 is 0. The van der Waals surface area contributed by atoms with Gasteiger partial charge in [0.1, 0.15) is 0 Å². The van der Waals surface area contributed by atoms with Crippen molar-refractivity contribution in [2.24, 2.45) is 0 Å². The van der Waals surface area contributed by atoms with Crippen molar-refractivity contribution < 1.29 is 9.53 Å². The molecule has 1 aliphatic carbocycles. The minimum absolute atomic E-state index is 0.0421. The first-order valence-electron chi connectivity index (χ1n) is 6.24. The second-order valence-corrected chi connectivity index (χ2v) is 4.84. The lowest BCUT2D eigenvalue weighted by Gasteiger charge is -2.36. The number of rotatable bonds is 3. The number of nitrogens with zero attached hydrogens (tertiary/aromatic N) is 1. The summed E-state index contributed by atoms with van der Waals surface area (Å²) in [5.74, 6) is -0.115. The van der Waals surface area contributed by atoms with E-state index in [2.05, 4.69) is 11.1 Å². The van der Waals surface area contributed by atoms with Gasteiger partial charge in [0.15, 0.2) is 0 Å². The molecule has 1 fully saturated rings. The molecule has 3 nitrogen and oxygen atoms in total. The lowest BCUT2D eigenvalue weighted by Crippen LogP contribution is -2.32. The summed E-state index contributed by atoms with van der Waals surface area (Å²) in [4.78, 5) is 15.8. The summed E-state index contributed by atoms with van der Waals surface area (Å²) in [6.45, 7) is 0. The van der Waals surface area contributed by atoms with Gasteiger partial charge >= 0.3 is 5.97 Å². The third-order valence-corrected chi connectivity index (χ3v) is 3.79. The van der Waals surface area contributed by atoms with Gasteiger partial charge in [-0.05, 0) is 24.5 Å². The summed E-state index contributed by atoms with van der Waals surface area (Å²) in [6.07, 6.45) is 9.92. The zero-order valence-corrected chi connectivity index (χ0v) is 10.3. The molecule has 0 unspecified atom stereocenters. The summed E-state index contributed by atoms with van der Waals surface area (Å²) in [7, 11) is 1.46. The molecule has 0 radical (unpaired) electrons. The van der Waals surface area contributed by atoms with Crippen LogP contribution in [-0.4, -0.2) is 18.1 Å². The average Bonchev–Trinajstić information content (AvgIpc) is 2.40. The van der Waals surface area contributed by atoms with Crippen molar-refractivity contribution in [1.82, 2.24) is 4.98 Å². The van der Waals surface area contributed by atoms with Crippen molar-refractivity contribution in [3.05, 3.63) is 30.1 Å². The van der Waals surface area contributed by atoms with E-state index in [0.29, 0.717) is 6.42 Å². The van der Waals surface area contributed by atoms with E-state index in [-0.39, 0.29) is 11.4 Å². The number of esters is 1. The first-order chi connectivity index (χ1) is 8.27. The number of hydrogen-bond donors (Lipinski definition) is 0. The van der Waals surface area contributed by atoms with Crippen molar-refractivity contribution in [2.45, 2.75) is 43.9 Å². The van der Waals surface area contributed by atoms with Gasteiger partial charge < -0.3 is 4.74 Å². The molecule has 1 aromatic heterocycles. The fourth-order valence-corrected chi connectivity index (χ4v) is 2.82. The van der Waals surface area contributed by atoms with Gasteiger partial charge in [-0.2, -0.15) is 0 Å². The van der Waals surface area contributed by atoms with Crippen LogP contribution in [0, 0.1) is 0 Å². The maximum atomic E-state index is 11.6. The highest BCUT2D eigenvalue weighted by Crippen LogP contribution is 2.42. The predicted octanol–water partition coefficient (Wildman–Crippen LogP) is 2.85. The van der Waals surface area contributed by atoms with Gasteiger partial charge in [-0.15, -0.1) is 0 Å². The van der Waals surface area contributed by atoms with Gasteiger partial charge in [-0.3, -0.25) is 9.78 Å². The molecule has 0 N–H and O–H groups in total. The molecule has 92 valence electrons. The Labute approximate surface area is 102 Å². The van der Waals surface area contributed by atoms with Gasteiger partial charge in [-0.25, -0.2) is 0 Å². The summed E-state index contributed by atoms with van der Waals surface area (Å²) in [5.41, 5.74) is 1.14. The molecule has 0 bridgehead atoms.